The Morgan fingerprint density at radius 1 is 1.08 bits per heavy atom. The molecule has 0 spiro atoms. The monoisotopic (exact) mass is 506 g/mol. The van der Waals surface area contributed by atoms with Gasteiger partial charge in [-0.25, -0.2) is 9.37 Å². The predicted molar refractivity (Wildman–Crippen MR) is 139 cm³/mol. The van der Waals surface area contributed by atoms with Crippen molar-refractivity contribution >= 4 is 23.9 Å². The zero-order valence-electron chi connectivity index (χ0n) is 20.1. The fourth-order valence-corrected chi connectivity index (χ4v) is 4.29. The molecule has 186 valence electrons. The Bertz CT molecular complexity index is 1400. The highest BCUT2D eigenvalue weighted by atomic mass is 32.1. The summed E-state index contributed by atoms with van der Waals surface area (Å²) in [6.07, 6.45) is 2.98. The van der Waals surface area contributed by atoms with Gasteiger partial charge in [-0.15, -0.1) is 0 Å². The van der Waals surface area contributed by atoms with E-state index in [1.54, 1.807) is 16.7 Å². The quantitative estimate of drug-likeness (QED) is 0.303. The number of aryl methyl sites for hydroxylation is 2. The van der Waals surface area contributed by atoms with Crippen LogP contribution in [-0.2, 0) is 30.6 Å². The Kier molecular flexibility index (Phi) is 7.80. The molecule has 0 saturated carbocycles. The number of rotatable bonds is 9. The highest BCUT2D eigenvalue weighted by molar-refractivity contribution is 7.71. The van der Waals surface area contributed by atoms with E-state index < -0.39 is 5.82 Å². The number of imidazole rings is 1. The van der Waals surface area contributed by atoms with E-state index >= 15 is 0 Å². The molecule has 2 N–H and O–H groups in total. The van der Waals surface area contributed by atoms with Crippen molar-refractivity contribution in [3.63, 3.8) is 0 Å². The molecule has 0 bridgehead atoms. The normalized spacial score (nSPS) is 10.9. The third kappa shape index (κ3) is 5.63. The number of nitrogens with one attached hydrogen (secondary N) is 1. The van der Waals surface area contributed by atoms with Gasteiger partial charge in [0, 0.05) is 6.54 Å². The van der Waals surface area contributed by atoms with Crippen molar-refractivity contribution in [2.24, 2.45) is 0 Å². The topological polar surface area (TPSA) is 81.3 Å². The van der Waals surface area contributed by atoms with Crippen LogP contribution in [0.1, 0.15) is 23.7 Å². The zero-order valence-corrected chi connectivity index (χ0v) is 20.9. The van der Waals surface area contributed by atoms with Crippen LogP contribution in [0.25, 0.3) is 5.69 Å². The Balaban J connectivity index is 1.64. The second kappa shape index (κ2) is 11.2. The van der Waals surface area contributed by atoms with Crippen LogP contribution in [-0.4, -0.2) is 32.2 Å². The Labute approximate surface area is 213 Å². The fraction of sp³-hybridized carbons (Fsp3) is 0.222. The maximum absolute atomic E-state index is 13.5. The first kappa shape index (κ1) is 25.1. The van der Waals surface area contributed by atoms with Crippen LogP contribution in [0.15, 0.2) is 66.9 Å². The molecule has 0 fully saturated rings. The lowest BCUT2D eigenvalue weighted by Crippen LogP contribution is -2.18. The number of hydrogen-bond acceptors (Lipinski definition) is 5. The van der Waals surface area contributed by atoms with Gasteiger partial charge in [0.15, 0.2) is 4.77 Å². The van der Waals surface area contributed by atoms with E-state index in [0.717, 1.165) is 12.0 Å². The summed E-state index contributed by atoms with van der Waals surface area (Å²) >= 11 is 5.69. The number of ether oxygens (including phenoxy) is 1. The molecular formula is C27H27FN4O3S. The highest BCUT2D eigenvalue weighted by Crippen LogP contribution is 2.27. The molecule has 4 rings (SSSR count). The van der Waals surface area contributed by atoms with E-state index in [0.29, 0.717) is 40.7 Å². The maximum atomic E-state index is 13.5. The van der Waals surface area contributed by atoms with Crippen LogP contribution < -0.4 is 10.1 Å². The molecule has 0 aliphatic heterocycles. The molecule has 0 aliphatic rings. The molecule has 0 unspecified atom stereocenters. The lowest BCUT2D eigenvalue weighted by Gasteiger charge is -2.10. The third-order valence-electron chi connectivity index (χ3n) is 5.93. The van der Waals surface area contributed by atoms with Crippen molar-refractivity contribution in [1.82, 2.24) is 14.1 Å². The number of anilines is 1. The number of amides is 1. The van der Waals surface area contributed by atoms with E-state index in [1.807, 2.05) is 0 Å². The number of pyridine rings is 1. The second-order valence-electron chi connectivity index (χ2n) is 8.24. The van der Waals surface area contributed by atoms with Gasteiger partial charge in [-0.3, -0.25) is 9.36 Å². The van der Waals surface area contributed by atoms with Gasteiger partial charge in [0.1, 0.15) is 17.4 Å². The summed E-state index contributed by atoms with van der Waals surface area (Å²) in [6.45, 7) is 2.56. The van der Waals surface area contributed by atoms with Crippen LogP contribution in [0.2, 0.25) is 0 Å². The molecule has 0 saturated heterocycles. The summed E-state index contributed by atoms with van der Waals surface area (Å²) in [6, 6.07) is 17.3. The molecule has 2 aromatic carbocycles. The van der Waals surface area contributed by atoms with Gasteiger partial charge >= 0.3 is 0 Å². The fourth-order valence-electron chi connectivity index (χ4n) is 3.90. The van der Waals surface area contributed by atoms with Crippen molar-refractivity contribution in [3.05, 3.63) is 94.3 Å². The van der Waals surface area contributed by atoms with Gasteiger partial charge in [-0.1, -0.05) is 31.2 Å². The molecule has 0 atom stereocenters. The number of halogens is 1. The van der Waals surface area contributed by atoms with Gasteiger partial charge in [-0.2, -0.15) is 0 Å². The minimum atomic E-state index is -0.397. The van der Waals surface area contributed by atoms with Gasteiger partial charge < -0.3 is 19.7 Å². The minimum absolute atomic E-state index is 0.133. The molecular weight excluding hydrogens is 479 g/mol. The van der Waals surface area contributed by atoms with E-state index in [1.165, 1.54) is 47.7 Å². The summed E-state index contributed by atoms with van der Waals surface area (Å²) < 4.78 is 22.1. The number of carbonyl (C=O) groups is 1. The highest BCUT2D eigenvalue weighted by Gasteiger charge is 2.21. The van der Waals surface area contributed by atoms with Crippen molar-refractivity contribution in [2.75, 3.05) is 12.4 Å². The Morgan fingerprint density at radius 2 is 1.78 bits per heavy atom. The standard InChI is InChI=1S/C27H27FN4O3S/c1-3-18-4-6-19(7-5-18)14-15-31-23(16-25(33)30-24-13-12-22(35-2)17-29-24)26(34)32(27(31)36)21-10-8-20(28)9-11-21/h4-13,17,34H,3,14-16H2,1-2H3,(H,29,30,33). The number of benzene rings is 2. The number of aromatic nitrogens is 3. The second-order valence-corrected chi connectivity index (χ2v) is 8.61. The summed E-state index contributed by atoms with van der Waals surface area (Å²) in [5.74, 6) is 0.00866. The third-order valence-corrected chi connectivity index (χ3v) is 6.33. The first-order valence-corrected chi connectivity index (χ1v) is 12.0. The van der Waals surface area contributed by atoms with Crippen LogP contribution in [0, 0.1) is 10.6 Å². The van der Waals surface area contributed by atoms with E-state index in [9.17, 15) is 14.3 Å². The average molecular weight is 507 g/mol. The van der Waals surface area contributed by atoms with Crippen molar-refractivity contribution < 1.29 is 19.0 Å². The molecule has 9 heteroatoms. The first-order valence-electron chi connectivity index (χ1n) is 11.6. The van der Waals surface area contributed by atoms with Gasteiger partial charge in [0.25, 0.3) is 0 Å². The van der Waals surface area contributed by atoms with Crippen LogP contribution in [0.4, 0.5) is 10.2 Å². The van der Waals surface area contributed by atoms with Crippen molar-refractivity contribution in [2.45, 2.75) is 32.7 Å². The summed E-state index contributed by atoms with van der Waals surface area (Å²) in [5, 5.41) is 13.9. The molecule has 0 aliphatic carbocycles. The average Bonchev–Trinajstić information content (AvgIpc) is 3.12. The number of aromatic hydroxyl groups is 1. The van der Waals surface area contributed by atoms with Crippen LogP contribution in [0.5, 0.6) is 11.6 Å². The largest absolute Gasteiger partial charge is 0.495 e. The van der Waals surface area contributed by atoms with E-state index in [2.05, 4.69) is 41.5 Å². The number of carbonyl (C=O) groups excluding carboxylic acids is 1. The lowest BCUT2D eigenvalue weighted by atomic mass is 10.1. The zero-order chi connectivity index (χ0) is 25.7. The summed E-state index contributed by atoms with van der Waals surface area (Å²) in [4.78, 5) is 17.0. The predicted octanol–water partition coefficient (Wildman–Crippen LogP) is 5.24. The van der Waals surface area contributed by atoms with Gasteiger partial charge in [-0.05, 0) is 72.6 Å². The summed E-state index contributed by atoms with van der Waals surface area (Å²) in [7, 11) is 1.53. The van der Waals surface area contributed by atoms with E-state index in [4.69, 9.17) is 17.0 Å². The molecule has 0 radical (unpaired) electrons. The Hall–Kier alpha value is -3.98. The SMILES string of the molecule is CCc1ccc(CCn2c(CC(=O)Nc3ccc(OC)cn3)c(O)n(-c3ccc(F)cc3)c2=S)cc1. The van der Waals surface area contributed by atoms with Gasteiger partial charge in [0.2, 0.25) is 11.8 Å². The smallest absolute Gasteiger partial charge is 0.231 e. The Morgan fingerprint density at radius 3 is 2.39 bits per heavy atom. The molecule has 4 aromatic rings. The van der Waals surface area contributed by atoms with Crippen molar-refractivity contribution in [1.29, 1.82) is 0 Å². The van der Waals surface area contributed by atoms with E-state index in [-0.39, 0.29) is 18.2 Å². The lowest BCUT2D eigenvalue weighted by molar-refractivity contribution is -0.115. The molecule has 1 amide bonds. The van der Waals surface area contributed by atoms with Gasteiger partial charge in [0.05, 0.1) is 31.1 Å². The van der Waals surface area contributed by atoms with Crippen LogP contribution >= 0.6 is 12.2 Å². The molecule has 2 aromatic heterocycles. The molecule has 2 heterocycles. The first-order chi connectivity index (χ1) is 17.4. The number of methoxy groups -OCH3 is 1. The minimum Gasteiger partial charge on any atom is -0.495 e. The summed E-state index contributed by atoms with van der Waals surface area (Å²) in [5.41, 5.74) is 3.23. The van der Waals surface area contributed by atoms with Crippen LogP contribution in [0.3, 0.4) is 0 Å². The maximum Gasteiger partial charge on any atom is 0.231 e. The van der Waals surface area contributed by atoms with Crippen molar-refractivity contribution in [3.8, 4) is 17.3 Å². The molecule has 36 heavy (non-hydrogen) atoms. The number of nitrogens with zero attached hydrogens (tertiary/aromatic N) is 3. The molecule has 7 nitrogen and oxygen atoms in total. The number of hydrogen-bond donors (Lipinski definition) is 2.